The highest BCUT2D eigenvalue weighted by atomic mass is 32.2. The Morgan fingerprint density at radius 1 is 0.939 bits per heavy atom. The molecule has 0 aromatic heterocycles. The highest BCUT2D eigenvalue weighted by molar-refractivity contribution is 7.99. The number of carbonyl (C=O) groups excluding carboxylic acids is 1. The summed E-state index contributed by atoms with van der Waals surface area (Å²) in [4.78, 5) is 25.9. The number of rotatable bonds is 10. The molecule has 0 N–H and O–H groups in total. The van der Waals surface area contributed by atoms with Gasteiger partial charge in [0.15, 0.2) is 6.10 Å². The summed E-state index contributed by atoms with van der Waals surface area (Å²) in [5, 5.41) is 0. The van der Waals surface area contributed by atoms with Crippen LogP contribution in [-0.4, -0.2) is 38.9 Å². The minimum atomic E-state index is -0.709. The van der Waals surface area contributed by atoms with Crippen LogP contribution >= 0.6 is 11.8 Å². The molecule has 6 nitrogen and oxygen atoms in total. The van der Waals surface area contributed by atoms with Crippen molar-refractivity contribution in [1.82, 2.24) is 0 Å². The normalized spacial score (nSPS) is 13.1. The molecular weight excluding hydrogens is 438 g/mol. The van der Waals surface area contributed by atoms with Crippen LogP contribution in [0.15, 0.2) is 82.6 Å². The van der Waals surface area contributed by atoms with Crippen LogP contribution in [-0.2, 0) is 25.7 Å². The summed E-state index contributed by atoms with van der Waals surface area (Å²) in [6.07, 6.45) is -0.311. The van der Waals surface area contributed by atoms with Crippen molar-refractivity contribution in [2.24, 2.45) is 0 Å². The molecule has 0 saturated carbocycles. The third-order valence-corrected chi connectivity index (χ3v) is 6.39. The zero-order chi connectivity index (χ0) is 23.0. The first kappa shape index (κ1) is 23.2. The van der Waals surface area contributed by atoms with Crippen LogP contribution in [0, 0.1) is 0 Å². The van der Waals surface area contributed by atoms with Crippen molar-refractivity contribution in [2.45, 2.75) is 29.2 Å². The monoisotopic (exact) mass is 465 g/mol. The lowest BCUT2D eigenvalue weighted by Crippen LogP contribution is -2.28. The Morgan fingerprint density at radius 3 is 2.18 bits per heavy atom. The summed E-state index contributed by atoms with van der Waals surface area (Å²) in [6.45, 7) is 3.51. The Balaban J connectivity index is 1.37. The average molecular weight is 466 g/mol. The molecule has 3 aromatic rings. The molecular formula is C26H27NO5S. The summed E-state index contributed by atoms with van der Waals surface area (Å²) in [5.41, 5.74) is 3.35. The number of carbonyl (C=O) groups is 1. The van der Waals surface area contributed by atoms with E-state index in [2.05, 4.69) is 63.2 Å². The molecule has 7 heteroatoms. The number of para-hydroxylation sites is 2. The number of nitrogens with zero attached hydrogens (tertiary/aromatic N) is 1. The van der Waals surface area contributed by atoms with Crippen LogP contribution < -0.4 is 9.64 Å². The molecule has 1 atom stereocenters. The van der Waals surface area contributed by atoms with Gasteiger partial charge in [0.2, 0.25) is 0 Å². The van der Waals surface area contributed by atoms with Gasteiger partial charge >= 0.3 is 5.97 Å². The van der Waals surface area contributed by atoms with E-state index < -0.39 is 12.1 Å². The maximum absolute atomic E-state index is 12.0. The predicted octanol–water partition coefficient (Wildman–Crippen LogP) is 5.42. The van der Waals surface area contributed by atoms with Gasteiger partial charge in [-0.15, -0.1) is 0 Å². The van der Waals surface area contributed by atoms with Crippen LogP contribution in [0.1, 0.15) is 12.5 Å². The van der Waals surface area contributed by atoms with E-state index in [0.29, 0.717) is 19.6 Å². The van der Waals surface area contributed by atoms with E-state index >= 15 is 0 Å². The smallest absolute Gasteiger partial charge is 0.371 e. The van der Waals surface area contributed by atoms with Crippen molar-refractivity contribution in [3.05, 3.63) is 78.4 Å². The molecule has 1 aliphatic rings. The summed E-state index contributed by atoms with van der Waals surface area (Å²) in [6, 6.07) is 24.6. The third kappa shape index (κ3) is 5.68. The zero-order valence-electron chi connectivity index (χ0n) is 18.7. The van der Waals surface area contributed by atoms with Crippen molar-refractivity contribution in [2.75, 3.05) is 31.8 Å². The first-order valence-corrected chi connectivity index (χ1v) is 11.7. The standard InChI is InChI=1S/C26H27NO5S/c1-3-30-23(26(28)32-29-2)18-19-12-14-20(15-13-19)31-17-16-27-21-8-4-6-10-24(21)33-25-11-7-5-9-22(25)27/h4-15,23H,3,16-18H2,1-2H3. The van der Waals surface area contributed by atoms with Crippen molar-refractivity contribution in [3.8, 4) is 5.75 Å². The van der Waals surface area contributed by atoms with Gasteiger partial charge in [0, 0.05) is 22.8 Å². The van der Waals surface area contributed by atoms with Crippen LogP contribution in [0.4, 0.5) is 11.4 Å². The van der Waals surface area contributed by atoms with E-state index in [1.807, 2.05) is 31.2 Å². The molecule has 172 valence electrons. The number of hydrogen-bond acceptors (Lipinski definition) is 7. The summed E-state index contributed by atoms with van der Waals surface area (Å²) >= 11 is 1.80. The Hall–Kier alpha value is -3.00. The minimum Gasteiger partial charge on any atom is -0.492 e. The van der Waals surface area contributed by atoms with E-state index in [0.717, 1.165) is 17.9 Å². The summed E-state index contributed by atoms with van der Waals surface area (Å²) < 4.78 is 11.5. The molecule has 1 heterocycles. The fourth-order valence-corrected chi connectivity index (χ4v) is 4.86. The molecule has 0 radical (unpaired) electrons. The lowest BCUT2D eigenvalue weighted by Gasteiger charge is -2.32. The first-order valence-electron chi connectivity index (χ1n) is 10.9. The molecule has 0 fully saturated rings. The quantitative estimate of drug-likeness (QED) is 0.293. The lowest BCUT2D eigenvalue weighted by molar-refractivity contribution is -0.263. The molecule has 1 unspecified atom stereocenters. The first-order chi connectivity index (χ1) is 16.2. The molecule has 0 amide bonds. The predicted molar refractivity (Wildman–Crippen MR) is 128 cm³/mol. The summed E-state index contributed by atoms with van der Waals surface area (Å²) in [7, 11) is 1.30. The van der Waals surface area contributed by atoms with E-state index in [-0.39, 0.29) is 0 Å². The van der Waals surface area contributed by atoms with Gasteiger partial charge in [0.05, 0.1) is 25.0 Å². The highest BCUT2D eigenvalue weighted by Crippen LogP contribution is 2.47. The zero-order valence-corrected chi connectivity index (χ0v) is 19.5. The van der Waals surface area contributed by atoms with E-state index in [1.54, 1.807) is 11.8 Å². The maximum Gasteiger partial charge on any atom is 0.371 e. The maximum atomic E-state index is 12.0. The fourth-order valence-electron chi connectivity index (χ4n) is 3.76. The van der Waals surface area contributed by atoms with Gasteiger partial charge in [-0.2, -0.15) is 4.89 Å². The number of benzene rings is 3. The van der Waals surface area contributed by atoms with Crippen molar-refractivity contribution >= 4 is 29.1 Å². The molecule has 33 heavy (non-hydrogen) atoms. The SMILES string of the molecule is CCOC(Cc1ccc(OCCN2c3ccccc3Sc3ccccc32)cc1)C(=O)OOC. The van der Waals surface area contributed by atoms with E-state index in [9.17, 15) is 4.79 Å². The van der Waals surface area contributed by atoms with E-state index in [1.165, 1.54) is 28.3 Å². The van der Waals surface area contributed by atoms with Crippen LogP contribution in [0.25, 0.3) is 0 Å². The molecule has 0 bridgehead atoms. The Kier molecular flexibility index (Phi) is 7.88. The number of hydrogen-bond donors (Lipinski definition) is 0. The van der Waals surface area contributed by atoms with Gasteiger partial charge < -0.3 is 14.4 Å². The lowest BCUT2D eigenvalue weighted by atomic mass is 10.1. The molecule has 0 saturated heterocycles. The molecule has 1 aliphatic heterocycles. The number of ether oxygens (including phenoxy) is 2. The van der Waals surface area contributed by atoms with Crippen LogP contribution in [0.3, 0.4) is 0 Å². The Bertz CT molecular complexity index is 1030. The van der Waals surface area contributed by atoms with Gasteiger partial charge in [-0.1, -0.05) is 48.2 Å². The highest BCUT2D eigenvalue weighted by Gasteiger charge is 2.23. The molecule has 0 aliphatic carbocycles. The van der Waals surface area contributed by atoms with Gasteiger partial charge in [-0.3, -0.25) is 4.89 Å². The fraction of sp³-hybridized carbons (Fsp3) is 0.269. The second-order valence-electron chi connectivity index (χ2n) is 7.40. The van der Waals surface area contributed by atoms with Gasteiger partial charge in [0.1, 0.15) is 12.4 Å². The Labute approximate surface area is 198 Å². The van der Waals surface area contributed by atoms with Gasteiger partial charge in [0.25, 0.3) is 0 Å². The van der Waals surface area contributed by atoms with Crippen LogP contribution in [0.2, 0.25) is 0 Å². The van der Waals surface area contributed by atoms with Crippen molar-refractivity contribution in [1.29, 1.82) is 0 Å². The van der Waals surface area contributed by atoms with E-state index in [4.69, 9.17) is 9.47 Å². The van der Waals surface area contributed by atoms with Crippen molar-refractivity contribution in [3.63, 3.8) is 0 Å². The third-order valence-electron chi connectivity index (χ3n) is 5.26. The van der Waals surface area contributed by atoms with Gasteiger partial charge in [-0.05, 0) is 48.9 Å². The second kappa shape index (κ2) is 11.2. The number of fused-ring (bicyclic) bond motifs is 2. The van der Waals surface area contributed by atoms with Crippen LogP contribution in [0.5, 0.6) is 5.75 Å². The second-order valence-corrected chi connectivity index (χ2v) is 8.48. The minimum absolute atomic E-state index is 0.398. The number of anilines is 2. The topological polar surface area (TPSA) is 57.2 Å². The average Bonchev–Trinajstić information content (AvgIpc) is 2.84. The van der Waals surface area contributed by atoms with Gasteiger partial charge in [-0.25, -0.2) is 4.79 Å². The molecule has 4 rings (SSSR count). The molecule has 3 aromatic carbocycles. The molecule has 0 spiro atoms. The Morgan fingerprint density at radius 2 is 1.58 bits per heavy atom. The summed E-state index contributed by atoms with van der Waals surface area (Å²) in [5.74, 6) is 0.235. The van der Waals surface area contributed by atoms with Crippen molar-refractivity contribution < 1.29 is 24.0 Å². The largest absolute Gasteiger partial charge is 0.492 e.